The van der Waals surface area contributed by atoms with Gasteiger partial charge in [0.2, 0.25) is 0 Å². The minimum absolute atomic E-state index is 0.0297. The number of hydrogen-bond donors (Lipinski definition) is 0. The van der Waals surface area contributed by atoms with Gasteiger partial charge in [0.15, 0.2) is 0 Å². The van der Waals surface area contributed by atoms with Crippen LogP contribution in [0.15, 0.2) is 71.8 Å². The molecule has 1 saturated heterocycles. The van der Waals surface area contributed by atoms with Crippen LogP contribution < -0.4 is 5.56 Å². The molecule has 1 aromatic carbocycles. The molecule has 1 fully saturated rings. The largest absolute Gasteiger partial charge is 0.297 e. The molecule has 1 aliphatic heterocycles. The van der Waals surface area contributed by atoms with Gasteiger partial charge in [0.25, 0.3) is 5.56 Å². The van der Waals surface area contributed by atoms with E-state index in [4.69, 9.17) is 0 Å². The van der Waals surface area contributed by atoms with E-state index in [1.807, 2.05) is 12.1 Å². The van der Waals surface area contributed by atoms with E-state index in [0.29, 0.717) is 18.5 Å². The lowest BCUT2D eigenvalue weighted by atomic mass is 9.94. The normalized spacial score (nSPS) is 16.8. The van der Waals surface area contributed by atoms with Crippen molar-refractivity contribution >= 4 is 0 Å². The van der Waals surface area contributed by atoms with Gasteiger partial charge in [0, 0.05) is 36.6 Å². The molecule has 3 heterocycles. The highest BCUT2D eigenvalue weighted by molar-refractivity contribution is 5.56. The SMILES string of the molecule is CC(c1ccccc1)N1CCC(Cn2nc(-c3ccncc3)ccc2=O)CC1. The number of benzene rings is 1. The molecule has 2 aromatic heterocycles. The molecule has 1 aliphatic rings. The van der Waals surface area contributed by atoms with Crippen LogP contribution in [0.1, 0.15) is 31.4 Å². The molecule has 0 spiro atoms. The summed E-state index contributed by atoms with van der Waals surface area (Å²) in [6.45, 7) is 5.07. The van der Waals surface area contributed by atoms with Crippen LogP contribution in [0.3, 0.4) is 0 Å². The number of rotatable bonds is 5. The van der Waals surface area contributed by atoms with Crippen LogP contribution in [0.5, 0.6) is 0 Å². The Morgan fingerprint density at radius 3 is 2.43 bits per heavy atom. The van der Waals surface area contributed by atoms with Crippen molar-refractivity contribution < 1.29 is 0 Å². The van der Waals surface area contributed by atoms with Crippen molar-refractivity contribution in [2.24, 2.45) is 5.92 Å². The molecule has 0 saturated carbocycles. The van der Waals surface area contributed by atoms with Gasteiger partial charge in [-0.15, -0.1) is 0 Å². The van der Waals surface area contributed by atoms with E-state index >= 15 is 0 Å². The molecule has 0 N–H and O–H groups in total. The summed E-state index contributed by atoms with van der Waals surface area (Å²) in [5.74, 6) is 0.483. The second-order valence-corrected chi connectivity index (χ2v) is 7.54. The lowest BCUT2D eigenvalue weighted by Crippen LogP contribution is -2.38. The van der Waals surface area contributed by atoms with Crippen LogP contribution in [-0.2, 0) is 6.54 Å². The molecule has 0 amide bonds. The first-order valence-corrected chi connectivity index (χ1v) is 9.98. The quantitative estimate of drug-likeness (QED) is 0.682. The molecule has 1 atom stereocenters. The Kier molecular flexibility index (Phi) is 5.63. The third-order valence-electron chi connectivity index (χ3n) is 5.75. The van der Waals surface area contributed by atoms with Crippen molar-refractivity contribution in [2.45, 2.75) is 32.4 Å². The second kappa shape index (κ2) is 8.48. The van der Waals surface area contributed by atoms with Gasteiger partial charge < -0.3 is 0 Å². The molecule has 144 valence electrons. The van der Waals surface area contributed by atoms with Crippen LogP contribution in [0.25, 0.3) is 11.3 Å². The molecule has 0 aliphatic carbocycles. The van der Waals surface area contributed by atoms with Gasteiger partial charge in [0.05, 0.1) is 5.69 Å². The lowest BCUT2D eigenvalue weighted by Gasteiger charge is -2.36. The predicted octanol–water partition coefficient (Wildman–Crippen LogP) is 3.78. The number of likely N-dealkylation sites (tertiary alicyclic amines) is 1. The third kappa shape index (κ3) is 4.20. The van der Waals surface area contributed by atoms with Crippen molar-refractivity contribution in [3.63, 3.8) is 0 Å². The molecule has 5 heteroatoms. The van der Waals surface area contributed by atoms with E-state index < -0.39 is 0 Å². The molecule has 3 aromatic rings. The fraction of sp³-hybridized carbons (Fsp3) is 0.348. The van der Waals surface area contributed by atoms with Crippen molar-refractivity contribution in [3.8, 4) is 11.3 Å². The summed E-state index contributed by atoms with van der Waals surface area (Å²) >= 11 is 0. The minimum atomic E-state index is -0.0297. The van der Waals surface area contributed by atoms with Crippen LogP contribution in [-0.4, -0.2) is 32.8 Å². The maximum absolute atomic E-state index is 12.3. The van der Waals surface area contributed by atoms with Crippen molar-refractivity contribution in [1.29, 1.82) is 0 Å². The number of nitrogens with zero attached hydrogens (tertiary/aromatic N) is 4. The maximum atomic E-state index is 12.3. The number of piperidine rings is 1. The molecule has 0 bridgehead atoms. The molecule has 1 unspecified atom stereocenters. The summed E-state index contributed by atoms with van der Waals surface area (Å²) in [6, 6.07) is 18.3. The zero-order valence-corrected chi connectivity index (χ0v) is 16.2. The van der Waals surface area contributed by atoms with E-state index in [1.165, 1.54) is 5.56 Å². The standard InChI is InChI=1S/C23H26N4O/c1-18(20-5-3-2-4-6-20)26-15-11-19(12-16-26)17-27-23(28)8-7-22(25-27)21-9-13-24-14-10-21/h2-10,13-14,18-19H,11-12,15-17H2,1H3. The summed E-state index contributed by atoms with van der Waals surface area (Å²) in [4.78, 5) is 18.9. The van der Waals surface area contributed by atoms with Gasteiger partial charge in [-0.05, 0) is 62.5 Å². The van der Waals surface area contributed by atoms with Gasteiger partial charge in [-0.2, -0.15) is 5.10 Å². The first kappa shape index (κ1) is 18.6. The molecular formula is C23H26N4O. The smallest absolute Gasteiger partial charge is 0.266 e. The van der Waals surface area contributed by atoms with E-state index in [-0.39, 0.29) is 5.56 Å². The summed E-state index contributed by atoms with van der Waals surface area (Å²) in [5.41, 5.74) is 3.13. The summed E-state index contributed by atoms with van der Waals surface area (Å²) < 4.78 is 1.64. The fourth-order valence-corrected chi connectivity index (χ4v) is 3.97. The first-order chi connectivity index (χ1) is 13.7. The summed E-state index contributed by atoms with van der Waals surface area (Å²) in [5, 5.41) is 4.60. The summed E-state index contributed by atoms with van der Waals surface area (Å²) in [7, 11) is 0. The van der Waals surface area contributed by atoms with E-state index in [9.17, 15) is 4.79 Å². The Balaban J connectivity index is 1.40. The Labute approximate surface area is 165 Å². The van der Waals surface area contributed by atoms with Crippen molar-refractivity contribution in [3.05, 3.63) is 82.9 Å². The van der Waals surface area contributed by atoms with Crippen LogP contribution >= 0.6 is 0 Å². The van der Waals surface area contributed by atoms with Crippen LogP contribution in [0.2, 0.25) is 0 Å². The van der Waals surface area contributed by atoms with Crippen LogP contribution in [0, 0.1) is 5.92 Å². The Hall–Kier alpha value is -2.79. The van der Waals surface area contributed by atoms with E-state index in [2.05, 4.69) is 52.2 Å². The van der Waals surface area contributed by atoms with E-state index in [1.54, 1.807) is 29.2 Å². The van der Waals surface area contributed by atoms with Gasteiger partial charge >= 0.3 is 0 Å². The zero-order chi connectivity index (χ0) is 19.3. The molecule has 28 heavy (non-hydrogen) atoms. The molecule has 0 radical (unpaired) electrons. The fourth-order valence-electron chi connectivity index (χ4n) is 3.97. The maximum Gasteiger partial charge on any atom is 0.266 e. The second-order valence-electron chi connectivity index (χ2n) is 7.54. The Morgan fingerprint density at radius 1 is 1.00 bits per heavy atom. The summed E-state index contributed by atoms with van der Waals surface area (Å²) in [6.07, 6.45) is 5.67. The zero-order valence-electron chi connectivity index (χ0n) is 16.2. The highest BCUT2D eigenvalue weighted by Crippen LogP contribution is 2.27. The molecule has 4 rings (SSSR count). The van der Waals surface area contributed by atoms with Crippen LogP contribution in [0.4, 0.5) is 0 Å². The number of hydrogen-bond acceptors (Lipinski definition) is 4. The highest BCUT2D eigenvalue weighted by atomic mass is 16.1. The van der Waals surface area contributed by atoms with E-state index in [0.717, 1.165) is 37.2 Å². The van der Waals surface area contributed by atoms with Gasteiger partial charge in [-0.1, -0.05) is 30.3 Å². The molecular weight excluding hydrogens is 348 g/mol. The predicted molar refractivity (Wildman–Crippen MR) is 111 cm³/mol. The van der Waals surface area contributed by atoms with Gasteiger partial charge in [-0.25, -0.2) is 4.68 Å². The topological polar surface area (TPSA) is 51.0 Å². The molecule has 5 nitrogen and oxygen atoms in total. The first-order valence-electron chi connectivity index (χ1n) is 9.98. The third-order valence-corrected chi connectivity index (χ3v) is 5.75. The number of aromatic nitrogens is 3. The Morgan fingerprint density at radius 2 is 1.71 bits per heavy atom. The van der Waals surface area contributed by atoms with Crippen molar-refractivity contribution in [1.82, 2.24) is 19.7 Å². The van der Waals surface area contributed by atoms with Gasteiger partial charge in [-0.3, -0.25) is 14.7 Å². The Bertz CT molecular complexity index is 947. The number of pyridine rings is 1. The average molecular weight is 374 g/mol. The van der Waals surface area contributed by atoms with Crippen molar-refractivity contribution in [2.75, 3.05) is 13.1 Å². The monoisotopic (exact) mass is 374 g/mol. The minimum Gasteiger partial charge on any atom is -0.297 e. The average Bonchev–Trinajstić information content (AvgIpc) is 2.76. The lowest BCUT2D eigenvalue weighted by molar-refractivity contribution is 0.131. The van der Waals surface area contributed by atoms with Gasteiger partial charge in [0.1, 0.15) is 0 Å². The highest BCUT2D eigenvalue weighted by Gasteiger charge is 2.24.